The number of piperazine rings is 1. The molecule has 2 saturated heterocycles. The number of aliphatic hydroxyl groups is 1. The third-order valence-electron chi connectivity index (χ3n) is 4.79. The molecule has 2 aliphatic heterocycles. The van der Waals surface area contributed by atoms with Crippen LogP contribution in [0.15, 0.2) is 22.8 Å². The van der Waals surface area contributed by atoms with Crippen LogP contribution in [-0.2, 0) is 16.1 Å². The van der Waals surface area contributed by atoms with Gasteiger partial charge in [-0.3, -0.25) is 14.5 Å². The molecule has 3 heterocycles. The summed E-state index contributed by atoms with van der Waals surface area (Å²) in [4.78, 5) is 30.7. The van der Waals surface area contributed by atoms with Gasteiger partial charge in [0.15, 0.2) is 0 Å². The lowest BCUT2D eigenvalue weighted by molar-refractivity contribution is -0.137. The number of amides is 2. The predicted octanol–water partition coefficient (Wildman–Crippen LogP) is 0.543. The van der Waals surface area contributed by atoms with E-state index in [1.54, 1.807) is 31.1 Å². The van der Waals surface area contributed by atoms with Crippen LogP contribution in [0.3, 0.4) is 0 Å². The highest BCUT2D eigenvalue weighted by Crippen LogP contribution is 2.23. The molecule has 1 atom stereocenters. The first kappa shape index (κ1) is 17.9. The molecule has 1 aromatic heterocycles. The van der Waals surface area contributed by atoms with Crippen LogP contribution in [-0.4, -0.2) is 76.5 Å². The predicted molar refractivity (Wildman–Crippen MR) is 91.5 cm³/mol. The second-order valence-electron chi connectivity index (χ2n) is 7.67. The lowest BCUT2D eigenvalue weighted by Gasteiger charge is -2.38. The highest BCUT2D eigenvalue weighted by atomic mass is 16.3. The van der Waals surface area contributed by atoms with E-state index in [2.05, 4.69) is 4.90 Å². The minimum absolute atomic E-state index is 0.00964. The van der Waals surface area contributed by atoms with Crippen molar-refractivity contribution in [2.75, 3.05) is 39.3 Å². The number of furan rings is 1. The van der Waals surface area contributed by atoms with Gasteiger partial charge in [0.2, 0.25) is 11.8 Å². The zero-order valence-corrected chi connectivity index (χ0v) is 15.0. The van der Waals surface area contributed by atoms with E-state index in [0.29, 0.717) is 32.7 Å². The summed E-state index contributed by atoms with van der Waals surface area (Å²) in [5.74, 6) is 0.554. The van der Waals surface area contributed by atoms with Crippen LogP contribution in [0.25, 0.3) is 0 Å². The number of hydrogen-bond donors (Lipinski definition) is 1. The summed E-state index contributed by atoms with van der Waals surface area (Å²) in [6.07, 6.45) is 1.87. The fraction of sp³-hybridized carbons (Fsp3) is 0.667. The van der Waals surface area contributed by atoms with Gasteiger partial charge in [-0.2, -0.15) is 0 Å². The number of rotatable bonds is 5. The van der Waals surface area contributed by atoms with Crippen LogP contribution >= 0.6 is 0 Å². The molecule has 2 fully saturated rings. The van der Waals surface area contributed by atoms with Crippen molar-refractivity contribution in [1.82, 2.24) is 14.7 Å². The van der Waals surface area contributed by atoms with E-state index in [9.17, 15) is 14.7 Å². The number of nitrogens with zero attached hydrogens (tertiary/aromatic N) is 3. The van der Waals surface area contributed by atoms with E-state index >= 15 is 0 Å². The van der Waals surface area contributed by atoms with Crippen LogP contribution in [0, 0.1) is 5.92 Å². The van der Waals surface area contributed by atoms with E-state index in [1.165, 1.54) is 0 Å². The van der Waals surface area contributed by atoms with E-state index in [0.717, 1.165) is 18.8 Å². The molecule has 2 amide bonds. The van der Waals surface area contributed by atoms with Crippen LogP contribution < -0.4 is 0 Å². The lowest BCUT2D eigenvalue weighted by Crippen LogP contribution is -2.53. The Hall–Kier alpha value is -1.86. The molecule has 1 aromatic rings. The summed E-state index contributed by atoms with van der Waals surface area (Å²) >= 11 is 0. The van der Waals surface area contributed by atoms with E-state index < -0.39 is 5.60 Å². The molecule has 0 aromatic carbocycles. The molecule has 0 saturated carbocycles. The number of likely N-dealkylation sites (tertiary alicyclic amines) is 1. The number of carbonyl (C=O) groups is 2. The molecule has 3 rings (SSSR count). The number of β-amino-alcohol motifs (C(OH)–C–C–N with tert-alkyl or cyclic N) is 1. The van der Waals surface area contributed by atoms with Crippen LogP contribution in [0.1, 0.15) is 26.0 Å². The summed E-state index contributed by atoms with van der Waals surface area (Å²) in [6.45, 7) is 7.89. The molecular weight excluding hydrogens is 322 g/mol. The van der Waals surface area contributed by atoms with Gasteiger partial charge in [0.25, 0.3) is 0 Å². The first-order valence-electron chi connectivity index (χ1n) is 8.85. The first-order valence-corrected chi connectivity index (χ1v) is 8.85. The van der Waals surface area contributed by atoms with Crippen molar-refractivity contribution in [3.63, 3.8) is 0 Å². The quantitative estimate of drug-likeness (QED) is 0.840. The van der Waals surface area contributed by atoms with E-state index in [-0.39, 0.29) is 24.2 Å². The monoisotopic (exact) mass is 349 g/mol. The topological polar surface area (TPSA) is 77.2 Å². The van der Waals surface area contributed by atoms with Gasteiger partial charge in [-0.05, 0) is 26.0 Å². The SMILES string of the molecule is CC(C)(O)CN1CCN(C(=O)C2CC(=O)N(Cc3ccco3)C2)CC1. The minimum atomic E-state index is -0.726. The second kappa shape index (κ2) is 7.17. The highest BCUT2D eigenvalue weighted by molar-refractivity contribution is 5.89. The van der Waals surface area contributed by atoms with Gasteiger partial charge in [-0.15, -0.1) is 0 Å². The molecule has 1 N–H and O–H groups in total. The third-order valence-corrected chi connectivity index (χ3v) is 4.79. The lowest BCUT2D eigenvalue weighted by atomic mass is 10.1. The van der Waals surface area contributed by atoms with Gasteiger partial charge in [0.05, 0.1) is 24.3 Å². The van der Waals surface area contributed by atoms with Gasteiger partial charge in [-0.1, -0.05) is 0 Å². The summed E-state index contributed by atoms with van der Waals surface area (Å²) in [5.41, 5.74) is -0.726. The van der Waals surface area contributed by atoms with Crippen LogP contribution in [0.5, 0.6) is 0 Å². The standard InChI is InChI=1S/C18H27N3O4/c1-18(2,24)13-19-5-7-20(8-6-19)17(23)14-10-16(22)21(11-14)12-15-4-3-9-25-15/h3-4,9,14,24H,5-8,10-13H2,1-2H3. The Morgan fingerprint density at radius 1 is 1.32 bits per heavy atom. The maximum Gasteiger partial charge on any atom is 0.228 e. The van der Waals surface area contributed by atoms with Gasteiger partial charge in [-0.25, -0.2) is 0 Å². The second-order valence-corrected chi connectivity index (χ2v) is 7.67. The molecule has 0 bridgehead atoms. The fourth-order valence-electron chi connectivity index (χ4n) is 3.61. The van der Waals surface area contributed by atoms with E-state index in [4.69, 9.17) is 4.42 Å². The van der Waals surface area contributed by atoms with Crippen molar-refractivity contribution in [3.05, 3.63) is 24.2 Å². The third kappa shape index (κ3) is 4.61. The molecule has 7 nitrogen and oxygen atoms in total. The Morgan fingerprint density at radius 3 is 2.64 bits per heavy atom. The molecule has 25 heavy (non-hydrogen) atoms. The smallest absolute Gasteiger partial charge is 0.228 e. The molecule has 1 unspecified atom stereocenters. The van der Waals surface area contributed by atoms with Crippen molar-refractivity contribution in [2.24, 2.45) is 5.92 Å². The van der Waals surface area contributed by atoms with Crippen molar-refractivity contribution in [2.45, 2.75) is 32.4 Å². The Morgan fingerprint density at radius 2 is 2.04 bits per heavy atom. The van der Waals surface area contributed by atoms with Crippen LogP contribution in [0.2, 0.25) is 0 Å². The highest BCUT2D eigenvalue weighted by Gasteiger charge is 2.37. The average Bonchev–Trinajstić information content (AvgIpc) is 3.17. The summed E-state index contributed by atoms with van der Waals surface area (Å²) in [5, 5.41) is 9.91. The zero-order valence-electron chi connectivity index (χ0n) is 15.0. The summed E-state index contributed by atoms with van der Waals surface area (Å²) in [6, 6.07) is 3.63. The Balaban J connectivity index is 1.50. The summed E-state index contributed by atoms with van der Waals surface area (Å²) in [7, 11) is 0. The van der Waals surface area contributed by atoms with Crippen LogP contribution in [0.4, 0.5) is 0 Å². The van der Waals surface area contributed by atoms with Gasteiger partial charge >= 0.3 is 0 Å². The van der Waals surface area contributed by atoms with Crippen molar-refractivity contribution < 1.29 is 19.1 Å². The summed E-state index contributed by atoms with van der Waals surface area (Å²) < 4.78 is 5.29. The molecule has 0 spiro atoms. The Labute approximate surface area is 148 Å². The van der Waals surface area contributed by atoms with Crippen molar-refractivity contribution in [1.29, 1.82) is 0 Å². The first-order chi connectivity index (χ1) is 11.8. The Bertz CT molecular complexity index is 600. The molecule has 0 aliphatic carbocycles. The zero-order chi connectivity index (χ0) is 18.0. The molecule has 0 radical (unpaired) electrons. The maximum atomic E-state index is 12.7. The fourth-order valence-corrected chi connectivity index (χ4v) is 3.61. The number of hydrogen-bond acceptors (Lipinski definition) is 5. The Kier molecular flexibility index (Phi) is 5.15. The molecule has 138 valence electrons. The van der Waals surface area contributed by atoms with Gasteiger partial charge in [0.1, 0.15) is 5.76 Å². The maximum absolute atomic E-state index is 12.7. The molecular formula is C18H27N3O4. The minimum Gasteiger partial charge on any atom is -0.467 e. The van der Waals surface area contributed by atoms with E-state index in [1.807, 2.05) is 11.0 Å². The van der Waals surface area contributed by atoms with Crippen molar-refractivity contribution in [3.8, 4) is 0 Å². The largest absolute Gasteiger partial charge is 0.467 e. The normalized spacial score (nSPS) is 22.7. The molecule has 2 aliphatic rings. The van der Waals surface area contributed by atoms with Gasteiger partial charge in [0, 0.05) is 45.7 Å². The van der Waals surface area contributed by atoms with Crippen molar-refractivity contribution >= 4 is 11.8 Å². The van der Waals surface area contributed by atoms with Gasteiger partial charge < -0.3 is 19.3 Å². The number of carbonyl (C=O) groups excluding carboxylic acids is 2. The molecule has 7 heteroatoms. The average molecular weight is 349 g/mol.